The van der Waals surface area contributed by atoms with Gasteiger partial charge in [-0.05, 0) is 49.9 Å². The molecule has 1 aliphatic heterocycles. The van der Waals surface area contributed by atoms with Crippen LogP contribution in [-0.4, -0.2) is 42.7 Å². The van der Waals surface area contributed by atoms with Crippen molar-refractivity contribution in [2.24, 2.45) is 5.92 Å². The van der Waals surface area contributed by atoms with E-state index in [4.69, 9.17) is 9.84 Å². The zero-order chi connectivity index (χ0) is 14.5. The number of hydrogen-bond donors (Lipinski definition) is 1. The molecule has 20 heavy (non-hydrogen) atoms. The van der Waals surface area contributed by atoms with Gasteiger partial charge in [0.1, 0.15) is 5.75 Å². The molecule has 1 N–H and O–H groups in total. The number of benzene rings is 1. The topological polar surface area (TPSA) is 49.8 Å². The van der Waals surface area contributed by atoms with Crippen molar-refractivity contribution in [3.8, 4) is 5.75 Å². The van der Waals surface area contributed by atoms with Crippen LogP contribution in [-0.2, 0) is 11.2 Å². The van der Waals surface area contributed by atoms with Crippen LogP contribution >= 0.6 is 0 Å². The lowest BCUT2D eigenvalue weighted by Crippen LogP contribution is -2.39. The predicted octanol–water partition coefficient (Wildman–Crippen LogP) is 2.34. The highest BCUT2D eigenvalue weighted by molar-refractivity contribution is 5.70. The highest BCUT2D eigenvalue weighted by Crippen LogP contribution is 2.20. The van der Waals surface area contributed by atoms with E-state index in [0.29, 0.717) is 6.54 Å². The molecule has 1 unspecified atom stereocenters. The second kappa shape index (κ2) is 6.75. The van der Waals surface area contributed by atoms with Gasteiger partial charge in [-0.1, -0.05) is 12.1 Å². The molecule has 0 saturated carbocycles. The van der Waals surface area contributed by atoms with E-state index >= 15 is 0 Å². The molecule has 0 bridgehead atoms. The molecule has 1 heterocycles. The molecule has 0 aliphatic carbocycles. The van der Waals surface area contributed by atoms with Crippen molar-refractivity contribution in [3.63, 3.8) is 0 Å². The fourth-order valence-electron chi connectivity index (χ4n) is 2.84. The number of carboxylic acid groups (broad SMARTS) is 1. The normalized spacial score (nSPS) is 19.8. The zero-order valence-electron chi connectivity index (χ0n) is 12.3. The molecule has 1 atom stereocenters. The Morgan fingerprint density at radius 2 is 2.30 bits per heavy atom. The molecule has 0 aromatic heterocycles. The molecule has 0 amide bonds. The summed E-state index contributed by atoms with van der Waals surface area (Å²) < 4.78 is 5.26. The first-order valence-electron chi connectivity index (χ1n) is 7.19. The Bertz CT molecular complexity index is 473. The van der Waals surface area contributed by atoms with E-state index in [1.165, 1.54) is 5.56 Å². The van der Waals surface area contributed by atoms with Gasteiger partial charge in [0.2, 0.25) is 0 Å². The Morgan fingerprint density at radius 1 is 1.50 bits per heavy atom. The molecule has 0 spiro atoms. The fourth-order valence-corrected chi connectivity index (χ4v) is 2.84. The fraction of sp³-hybridized carbons (Fsp3) is 0.562. The average molecular weight is 277 g/mol. The van der Waals surface area contributed by atoms with Crippen LogP contribution in [0.2, 0.25) is 0 Å². The Kier molecular flexibility index (Phi) is 5.01. The van der Waals surface area contributed by atoms with E-state index < -0.39 is 5.97 Å². The minimum atomic E-state index is -0.657. The smallest absolute Gasteiger partial charge is 0.307 e. The van der Waals surface area contributed by atoms with Crippen LogP contribution in [0.25, 0.3) is 0 Å². The number of carboxylic acids is 1. The van der Waals surface area contributed by atoms with Crippen LogP contribution in [0.1, 0.15) is 24.0 Å². The van der Waals surface area contributed by atoms with Crippen molar-refractivity contribution in [1.29, 1.82) is 0 Å². The lowest BCUT2D eigenvalue weighted by atomic mass is 9.98. The number of likely N-dealkylation sites (tertiary alicyclic amines) is 1. The summed E-state index contributed by atoms with van der Waals surface area (Å²) in [5.41, 5.74) is 2.42. The Morgan fingerprint density at radius 3 is 2.95 bits per heavy atom. The first kappa shape index (κ1) is 14.9. The molecular formula is C16H23NO3. The van der Waals surface area contributed by atoms with Gasteiger partial charge in [-0.3, -0.25) is 4.79 Å². The van der Waals surface area contributed by atoms with E-state index in [2.05, 4.69) is 17.0 Å². The van der Waals surface area contributed by atoms with Gasteiger partial charge in [0, 0.05) is 13.1 Å². The van der Waals surface area contributed by atoms with Gasteiger partial charge in [-0.25, -0.2) is 0 Å². The molecule has 4 heteroatoms. The summed E-state index contributed by atoms with van der Waals surface area (Å²) in [7, 11) is 1.68. The summed E-state index contributed by atoms with van der Waals surface area (Å²) in [6.07, 6.45) is 2.75. The standard InChI is InChI=1S/C16H23NO3/c1-12-10-13(5-6-15(12)20-2)7-9-17-8-3-4-14(11-17)16(18)19/h5-6,10,14H,3-4,7-9,11H2,1-2H3,(H,18,19). The van der Waals surface area contributed by atoms with Crippen molar-refractivity contribution >= 4 is 5.97 Å². The van der Waals surface area contributed by atoms with Crippen LogP contribution in [0.15, 0.2) is 18.2 Å². The van der Waals surface area contributed by atoms with Gasteiger partial charge in [0.15, 0.2) is 0 Å². The first-order chi connectivity index (χ1) is 9.60. The van der Waals surface area contributed by atoms with Crippen LogP contribution in [0.3, 0.4) is 0 Å². The number of methoxy groups -OCH3 is 1. The molecule has 4 nitrogen and oxygen atoms in total. The number of hydrogen-bond acceptors (Lipinski definition) is 3. The number of rotatable bonds is 5. The van der Waals surface area contributed by atoms with Gasteiger partial charge >= 0.3 is 5.97 Å². The van der Waals surface area contributed by atoms with E-state index in [9.17, 15) is 4.79 Å². The highest BCUT2D eigenvalue weighted by atomic mass is 16.5. The second-order valence-corrected chi connectivity index (χ2v) is 5.53. The molecule has 1 aromatic carbocycles. The SMILES string of the molecule is COc1ccc(CCN2CCCC(C(=O)O)C2)cc1C. The zero-order valence-corrected chi connectivity index (χ0v) is 12.3. The van der Waals surface area contributed by atoms with E-state index in [-0.39, 0.29) is 5.92 Å². The van der Waals surface area contributed by atoms with E-state index in [1.807, 2.05) is 13.0 Å². The number of piperidine rings is 1. The maximum atomic E-state index is 11.0. The van der Waals surface area contributed by atoms with Crippen molar-refractivity contribution in [3.05, 3.63) is 29.3 Å². The summed E-state index contributed by atoms with van der Waals surface area (Å²) >= 11 is 0. The summed E-state index contributed by atoms with van der Waals surface area (Å²) in [6.45, 7) is 4.67. The Balaban J connectivity index is 1.88. The Hall–Kier alpha value is -1.55. The van der Waals surface area contributed by atoms with Crippen molar-refractivity contribution in [2.45, 2.75) is 26.2 Å². The minimum absolute atomic E-state index is 0.193. The largest absolute Gasteiger partial charge is 0.496 e. The number of ether oxygens (including phenoxy) is 1. The monoisotopic (exact) mass is 277 g/mol. The second-order valence-electron chi connectivity index (χ2n) is 5.53. The Labute approximate surface area is 120 Å². The number of carbonyl (C=O) groups is 1. The van der Waals surface area contributed by atoms with Crippen molar-refractivity contribution < 1.29 is 14.6 Å². The van der Waals surface area contributed by atoms with E-state index in [1.54, 1.807) is 7.11 Å². The lowest BCUT2D eigenvalue weighted by Gasteiger charge is -2.30. The predicted molar refractivity (Wildman–Crippen MR) is 78.2 cm³/mol. The van der Waals surface area contributed by atoms with Crippen LogP contribution in [0, 0.1) is 12.8 Å². The van der Waals surface area contributed by atoms with Gasteiger partial charge in [0.05, 0.1) is 13.0 Å². The molecule has 1 aliphatic rings. The number of aliphatic carboxylic acids is 1. The van der Waals surface area contributed by atoms with Gasteiger partial charge < -0.3 is 14.7 Å². The maximum Gasteiger partial charge on any atom is 0.307 e. The molecule has 2 rings (SSSR count). The van der Waals surface area contributed by atoms with Crippen LogP contribution in [0.5, 0.6) is 5.75 Å². The van der Waals surface area contributed by atoms with Crippen molar-refractivity contribution in [2.75, 3.05) is 26.7 Å². The third-order valence-electron chi connectivity index (χ3n) is 4.03. The third-order valence-corrected chi connectivity index (χ3v) is 4.03. The summed E-state index contributed by atoms with van der Waals surface area (Å²) in [5, 5.41) is 9.09. The highest BCUT2D eigenvalue weighted by Gasteiger charge is 2.24. The van der Waals surface area contributed by atoms with Gasteiger partial charge in [-0.2, -0.15) is 0 Å². The van der Waals surface area contributed by atoms with E-state index in [0.717, 1.165) is 43.7 Å². The summed E-state index contributed by atoms with van der Waals surface area (Å²) in [4.78, 5) is 13.3. The molecule has 1 aromatic rings. The minimum Gasteiger partial charge on any atom is -0.496 e. The van der Waals surface area contributed by atoms with Gasteiger partial charge in [-0.15, -0.1) is 0 Å². The maximum absolute atomic E-state index is 11.0. The summed E-state index contributed by atoms with van der Waals surface area (Å²) in [5.74, 6) is 0.0639. The third kappa shape index (κ3) is 3.73. The van der Waals surface area contributed by atoms with Gasteiger partial charge in [0.25, 0.3) is 0 Å². The number of nitrogens with zero attached hydrogens (tertiary/aromatic N) is 1. The lowest BCUT2D eigenvalue weighted by molar-refractivity contribution is -0.143. The number of aryl methyl sites for hydroxylation is 1. The quantitative estimate of drug-likeness (QED) is 0.897. The molecule has 1 saturated heterocycles. The van der Waals surface area contributed by atoms with Crippen molar-refractivity contribution in [1.82, 2.24) is 4.90 Å². The molecule has 0 radical (unpaired) electrons. The molecular weight excluding hydrogens is 254 g/mol. The van der Waals surface area contributed by atoms with Crippen LogP contribution < -0.4 is 4.74 Å². The average Bonchev–Trinajstić information content (AvgIpc) is 2.45. The molecule has 1 fully saturated rings. The molecule has 110 valence electrons. The first-order valence-corrected chi connectivity index (χ1v) is 7.19. The summed E-state index contributed by atoms with van der Waals surface area (Å²) in [6, 6.07) is 6.24. The van der Waals surface area contributed by atoms with Crippen LogP contribution in [0.4, 0.5) is 0 Å².